The number of piperidine rings is 1. The van der Waals surface area contributed by atoms with Crippen LogP contribution in [0.1, 0.15) is 23.7 Å². The van der Waals surface area contributed by atoms with Gasteiger partial charge < -0.3 is 10.6 Å². The molecule has 1 aliphatic rings. The van der Waals surface area contributed by atoms with Crippen LogP contribution in [0.2, 0.25) is 0 Å². The lowest BCUT2D eigenvalue weighted by Crippen LogP contribution is -2.50. The summed E-state index contributed by atoms with van der Waals surface area (Å²) in [4.78, 5) is 11.9. The molecule has 1 aromatic carbocycles. The van der Waals surface area contributed by atoms with E-state index in [4.69, 9.17) is 0 Å². The molecule has 1 amide bonds. The third-order valence-electron chi connectivity index (χ3n) is 3.34. The van der Waals surface area contributed by atoms with E-state index in [0.29, 0.717) is 12.5 Å². The molecule has 0 bridgehead atoms. The van der Waals surface area contributed by atoms with Crippen LogP contribution in [-0.4, -0.2) is 25.0 Å². The highest BCUT2D eigenvalue weighted by molar-refractivity contribution is 5.94. The molecule has 3 nitrogen and oxygen atoms in total. The minimum atomic E-state index is -1.09. The van der Waals surface area contributed by atoms with E-state index in [1.54, 1.807) is 0 Å². The Balaban J connectivity index is 2.09. The van der Waals surface area contributed by atoms with Gasteiger partial charge in [0.15, 0.2) is 11.6 Å². The van der Waals surface area contributed by atoms with Crippen molar-refractivity contribution in [2.75, 3.05) is 13.1 Å². The van der Waals surface area contributed by atoms with Gasteiger partial charge in [0, 0.05) is 12.6 Å². The van der Waals surface area contributed by atoms with E-state index in [1.807, 2.05) is 6.92 Å². The molecule has 0 aliphatic carbocycles. The zero-order valence-electron chi connectivity index (χ0n) is 10.2. The molecular weight excluding hydrogens is 238 g/mol. The van der Waals surface area contributed by atoms with E-state index in [-0.39, 0.29) is 11.6 Å². The maximum atomic E-state index is 13.5. The summed E-state index contributed by atoms with van der Waals surface area (Å²) >= 11 is 0. The lowest BCUT2D eigenvalue weighted by atomic mass is 9.94. The molecular formula is C13H16F2N2O. The quantitative estimate of drug-likeness (QED) is 0.843. The summed E-state index contributed by atoms with van der Waals surface area (Å²) < 4.78 is 26.5. The Kier molecular flexibility index (Phi) is 3.91. The number of hydrogen-bond donors (Lipinski definition) is 2. The van der Waals surface area contributed by atoms with Crippen molar-refractivity contribution in [3.8, 4) is 0 Å². The van der Waals surface area contributed by atoms with E-state index < -0.39 is 17.5 Å². The molecule has 5 heteroatoms. The Bertz CT molecular complexity index is 451. The maximum absolute atomic E-state index is 13.5. The lowest BCUT2D eigenvalue weighted by molar-refractivity contribution is 0.0910. The second kappa shape index (κ2) is 5.44. The standard InChI is InChI=1S/C13H16F2N2O/c1-8-5-6-16-7-11(8)17-13(18)9-3-2-4-10(14)12(9)15/h2-4,8,11,16H,5-7H2,1H3,(H,17,18). The molecule has 1 saturated heterocycles. The van der Waals surface area contributed by atoms with Crippen molar-refractivity contribution in [3.05, 3.63) is 35.4 Å². The molecule has 18 heavy (non-hydrogen) atoms. The largest absolute Gasteiger partial charge is 0.348 e. The first kappa shape index (κ1) is 13.0. The molecule has 1 fully saturated rings. The maximum Gasteiger partial charge on any atom is 0.254 e. The predicted octanol–water partition coefficient (Wildman–Crippen LogP) is 1.69. The normalized spacial score (nSPS) is 23.7. The minimum Gasteiger partial charge on any atom is -0.348 e. The fourth-order valence-corrected chi connectivity index (χ4v) is 2.11. The van der Waals surface area contributed by atoms with Gasteiger partial charge in [-0.25, -0.2) is 8.78 Å². The molecule has 98 valence electrons. The van der Waals surface area contributed by atoms with E-state index in [0.717, 1.165) is 19.0 Å². The smallest absolute Gasteiger partial charge is 0.254 e. The molecule has 2 atom stereocenters. The van der Waals surface area contributed by atoms with Crippen LogP contribution in [0.25, 0.3) is 0 Å². The van der Waals surface area contributed by atoms with E-state index in [2.05, 4.69) is 10.6 Å². The van der Waals surface area contributed by atoms with Crippen LogP contribution in [0.3, 0.4) is 0 Å². The number of benzene rings is 1. The highest BCUT2D eigenvalue weighted by atomic mass is 19.2. The van der Waals surface area contributed by atoms with Gasteiger partial charge in [-0.2, -0.15) is 0 Å². The van der Waals surface area contributed by atoms with Crippen LogP contribution in [0.4, 0.5) is 8.78 Å². The molecule has 0 radical (unpaired) electrons. The summed E-state index contributed by atoms with van der Waals surface area (Å²) in [6.45, 7) is 3.61. The summed E-state index contributed by atoms with van der Waals surface area (Å²) in [5.41, 5.74) is -0.243. The fourth-order valence-electron chi connectivity index (χ4n) is 2.11. The van der Waals surface area contributed by atoms with Crippen molar-refractivity contribution in [1.82, 2.24) is 10.6 Å². The molecule has 0 spiro atoms. The molecule has 0 aromatic heterocycles. The van der Waals surface area contributed by atoms with Crippen molar-refractivity contribution in [1.29, 1.82) is 0 Å². The van der Waals surface area contributed by atoms with Crippen molar-refractivity contribution < 1.29 is 13.6 Å². The second-order valence-corrected chi connectivity index (χ2v) is 4.65. The number of halogens is 2. The topological polar surface area (TPSA) is 41.1 Å². The molecule has 0 saturated carbocycles. The van der Waals surface area contributed by atoms with Gasteiger partial charge in [-0.3, -0.25) is 4.79 Å². The Labute approximate surface area is 105 Å². The van der Waals surface area contributed by atoms with Gasteiger partial charge in [-0.1, -0.05) is 13.0 Å². The first-order valence-corrected chi connectivity index (χ1v) is 6.05. The van der Waals surface area contributed by atoms with E-state index >= 15 is 0 Å². The number of carbonyl (C=O) groups is 1. The van der Waals surface area contributed by atoms with Gasteiger partial charge in [0.2, 0.25) is 0 Å². The molecule has 2 unspecified atom stereocenters. The average Bonchev–Trinajstić information content (AvgIpc) is 2.35. The SMILES string of the molecule is CC1CCNCC1NC(=O)c1cccc(F)c1F. The Hall–Kier alpha value is -1.49. The van der Waals surface area contributed by atoms with Crippen molar-refractivity contribution >= 4 is 5.91 Å². The van der Waals surface area contributed by atoms with E-state index in [1.165, 1.54) is 12.1 Å². The van der Waals surface area contributed by atoms with Crippen LogP contribution >= 0.6 is 0 Å². The summed E-state index contributed by atoms with van der Waals surface area (Å²) in [5.74, 6) is -2.33. The van der Waals surface area contributed by atoms with Crippen LogP contribution in [-0.2, 0) is 0 Å². The summed E-state index contributed by atoms with van der Waals surface area (Å²) in [7, 11) is 0. The molecule has 1 heterocycles. The number of nitrogens with one attached hydrogen (secondary N) is 2. The zero-order valence-corrected chi connectivity index (χ0v) is 10.2. The molecule has 1 aromatic rings. The first-order valence-electron chi connectivity index (χ1n) is 6.05. The second-order valence-electron chi connectivity index (χ2n) is 4.65. The first-order chi connectivity index (χ1) is 8.59. The Morgan fingerprint density at radius 2 is 2.22 bits per heavy atom. The summed E-state index contributed by atoms with van der Waals surface area (Å²) in [6, 6.07) is 3.57. The Morgan fingerprint density at radius 3 is 2.94 bits per heavy atom. The lowest BCUT2D eigenvalue weighted by Gasteiger charge is -2.30. The third-order valence-corrected chi connectivity index (χ3v) is 3.34. The van der Waals surface area contributed by atoms with E-state index in [9.17, 15) is 13.6 Å². The van der Waals surface area contributed by atoms with Crippen molar-refractivity contribution in [2.45, 2.75) is 19.4 Å². The van der Waals surface area contributed by atoms with Gasteiger partial charge in [-0.05, 0) is 31.0 Å². The highest BCUT2D eigenvalue weighted by Crippen LogP contribution is 2.14. The number of amides is 1. The monoisotopic (exact) mass is 254 g/mol. The van der Waals surface area contributed by atoms with Crippen LogP contribution in [0, 0.1) is 17.6 Å². The van der Waals surface area contributed by atoms with Crippen molar-refractivity contribution in [3.63, 3.8) is 0 Å². The van der Waals surface area contributed by atoms with Gasteiger partial charge in [0.25, 0.3) is 5.91 Å². The molecule has 2 rings (SSSR count). The summed E-state index contributed by atoms with van der Waals surface area (Å²) in [5, 5.41) is 5.91. The van der Waals surface area contributed by atoms with Crippen LogP contribution in [0.15, 0.2) is 18.2 Å². The van der Waals surface area contributed by atoms with Gasteiger partial charge in [0.05, 0.1) is 5.56 Å². The molecule has 1 aliphatic heterocycles. The predicted molar refractivity (Wildman–Crippen MR) is 64.3 cm³/mol. The number of rotatable bonds is 2. The average molecular weight is 254 g/mol. The fraction of sp³-hybridized carbons (Fsp3) is 0.462. The highest BCUT2D eigenvalue weighted by Gasteiger charge is 2.24. The van der Waals surface area contributed by atoms with Crippen molar-refractivity contribution in [2.24, 2.45) is 5.92 Å². The van der Waals surface area contributed by atoms with Crippen LogP contribution < -0.4 is 10.6 Å². The minimum absolute atomic E-state index is 0.0473. The van der Waals surface area contributed by atoms with Gasteiger partial charge >= 0.3 is 0 Å². The van der Waals surface area contributed by atoms with Gasteiger partial charge in [0.1, 0.15) is 0 Å². The third kappa shape index (κ3) is 2.67. The number of carbonyl (C=O) groups excluding carboxylic acids is 1. The Morgan fingerprint density at radius 1 is 1.44 bits per heavy atom. The van der Waals surface area contributed by atoms with Crippen LogP contribution in [0.5, 0.6) is 0 Å². The van der Waals surface area contributed by atoms with Gasteiger partial charge in [-0.15, -0.1) is 0 Å². The number of hydrogen-bond acceptors (Lipinski definition) is 2. The zero-order chi connectivity index (χ0) is 13.1. The molecule has 2 N–H and O–H groups in total. The summed E-state index contributed by atoms with van der Waals surface area (Å²) in [6.07, 6.45) is 0.955.